The van der Waals surface area contributed by atoms with Crippen LogP contribution in [0, 0.1) is 0 Å². The van der Waals surface area contributed by atoms with Crippen LogP contribution < -0.4 is 0 Å². The molecule has 0 unspecified atom stereocenters. The molecule has 0 fully saturated rings. The summed E-state index contributed by atoms with van der Waals surface area (Å²) in [6.07, 6.45) is 0.689. The first-order valence-corrected chi connectivity index (χ1v) is 7.50. The Kier molecular flexibility index (Phi) is 3.46. The zero-order valence-corrected chi connectivity index (χ0v) is 11.8. The first-order valence-electron chi connectivity index (χ1n) is 5.59. The van der Waals surface area contributed by atoms with Crippen LogP contribution in [0.5, 0.6) is 0 Å². The van der Waals surface area contributed by atoms with E-state index in [1.165, 1.54) is 0 Å². The smallest absolute Gasteiger partial charge is 0.137 e. The molecule has 0 spiro atoms. The van der Waals surface area contributed by atoms with E-state index in [1.54, 1.807) is 0 Å². The van der Waals surface area contributed by atoms with Crippen LogP contribution in [0.4, 0.5) is 0 Å². The van der Waals surface area contributed by atoms with Gasteiger partial charge in [-0.05, 0) is 17.7 Å². The van der Waals surface area contributed by atoms with E-state index in [9.17, 15) is 0 Å². The van der Waals surface area contributed by atoms with E-state index in [0.29, 0.717) is 11.6 Å². The molecule has 0 bridgehead atoms. The van der Waals surface area contributed by atoms with E-state index < -0.39 is 0 Å². The Bertz CT molecular complexity index is 584. The second-order valence-corrected chi connectivity index (χ2v) is 5.93. The van der Waals surface area contributed by atoms with Gasteiger partial charge in [0.05, 0.1) is 5.69 Å². The minimum Gasteiger partial charge on any atom is -0.236 e. The highest BCUT2D eigenvalue weighted by atomic mass is 35.5. The maximum atomic E-state index is 6.18. The fourth-order valence-corrected chi connectivity index (χ4v) is 3.44. The van der Waals surface area contributed by atoms with Gasteiger partial charge < -0.3 is 0 Å². The molecule has 5 heteroatoms. The predicted molar refractivity (Wildman–Crippen MR) is 76.3 cm³/mol. The Labute approximate surface area is 120 Å². The maximum absolute atomic E-state index is 6.18. The fourth-order valence-electron chi connectivity index (χ4n) is 1.92. The van der Waals surface area contributed by atoms with Gasteiger partial charge in [-0.1, -0.05) is 35.3 Å². The molecule has 0 radical (unpaired) electrons. The maximum Gasteiger partial charge on any atom is 0.137 e. The van der Waals surface area contributed by atoms with Crippen molar-refractivity contribution in [3.63, 3.8) is 0 Å². The number of nitrogens with zero attached hydrogens (tertiary/aromatic N) is 2. The van der Waals surface area contributed by atoms with Crippen LogP contribution >= 0.6 is 35.0 Å². The summed E-state index contributed by atoms with van der Waals surface area (Å²) in [5.41, 5.74) is 3.33. The molecule has 0 atom stereocenters. The molecule has 0 saturated heterocycles. The van der Waals surface area contributed by atoms with E-state index in [2.05, 4.69) is 9.97 Å². The molecule has 1 aliphatic heterocycles. The van der Waals surface area contributed by atoms with E-state index >= 15 is 0 Å². The highest BCUT2D eigenvalue weighted by Gasteiger charge is 2.18. The van der Waals surface area contributed by atoms with Gasteiger partial charge in [0.2, 0.25) is 0 Å². The monoisotopic (exact) mass is 296 g/mol. The topological polar surface area (TPSA) is 25.8 Å². The van der Waals surface area contributed by atoms with Crippen molar-refractivity contribution in [2.24, 2.45) is 0 Å². The number of benzene rings is 1. The Balaban J connectivity index is 1.89. The Hall–Kier alpha value is -0.770. The quantitative estimate of drug-likeness (QED) is 0.780. The Morgan fingerprint density at radius 2 is 1.83 bits per heavy atom. The third-order valence-corrected chi connectivity index (χ3v) is 4.38. The van der Waals surface area contributed by atoms with Crippen LogP contribution in [0.25, 0.3) is 0 Å². The van der Waals surface area contributed by atoms with Crippen molar-refractivity contribution < 1.29 is 0 Å². The molecule has 3 rings (SSSR count). The number of aromatic nitrogens is 2. The highest BCUT2D eigenvalue weighted by molar-refractivity contribution is 7.98. The van der Waals surface area contributed by atoms with Crippen LogP contribution in [0.2, 0.25) is 10.2 Å². The lowest BCUT2D eigenvalue weighted by Gasteiger charge is -2.05. The molecule has 1 aliphatic rings. The third-order valence-electron chi connectivity index (χ3n) is 2.85. The molecule has 0 N–H and O–H groups in total. The van der Waals surface area contributed by atoms with Crippen molar-refractivity contribution in [3.8, 4) is 0 Å². The summed E-state index contributed by atoms with van der Waals surface area (Å²) in [4.78, 5) is 8.95. The lowest BCUT2D eigenvalue weighted by atomic mass is 10.1. The molecule has 0 amide bonds. The molecule has 18 heavy (non-hydrogen) atoms. The van der Waals surface area contributed by atoms with Crippen LogP contribution in [-0.4, -0.2) is 9.97 Å². The minimum absolute atomic E-state index is 0.606. The second kappa shape index (κ2) is 5.08. The Morgan fingerprint density at radius 1 is 1.06 bits per heavy atom. The van der Waals surface area contributed by atoms with E-state index in [1.807, 2.05) is 36.0 Å². The van der Waals surface area contributed by atoms with Gasteiger partial charge >= 0.3 is 0 Å². The van der Waals surface area contributed by atoms with Crippen molar-refractivity contribution in [2.75, 3.05) is 0 Å². The second-order valence-electron chi connectivity index (χ2n) is 4.15. The largest absolute Gasteiger partial charge is 0.236 e. The van der Waals surface area contributed by atoms with Gasteiger partial charge in [0.1, 0.15) is 11.0 Å². The average Bonchev–Trinajstić information content (AvgIpc) is 2.81. The molecule has 1 aromatic heterocycles. The highest BCUT2D eigenvalue weighted by Crippen LogP contribution is 2.32. The number of thioether (sulfide) groups is 1. The molecular weight excluding hydrogens is 287 g/mol. The fraction of sp³-hybridized carbons (Fsp3) is 0.231. The number of fused-ring (bicyclic) bond motifs is 1. The van der Waals surface area contributed by atoms with Crippen molar-refractivity contribution >= 4 is 35.0 Å². The summed E-state index contributed by atoms with van der Waals surface area (Å²) >= 11 is 13.9. The van der Waals surface area contributed by atoms with Crippen LogP contribution in [-0.2, 0) is 17.9 Å². The summed E-state index contributed by atoms with van der Waals surface area (Å²) in [7, 11) is 0. The SMILES string of the molecule is Clc1ccc(Cc2nc(Cl)c3c(n2)CSC3)cc1. The van der Waals surface area contributed by atoms with Gasteiger partial charge in [-0.15, -0.1) is 0 Å². The van der Waals surface area contributed by atoms with E-state index in [-0.39, 0.29) is 0 Å². The molecule has 0 aliphatic carbocycles. The Morgan fingerprint density at radius 3 is 2.61 bits per heavy atom. The molecule has 2 heterocycles. The van der Waals surface area contributed by atoms with Crippen molar-refractivity contribution in [2.45, 2.75) is 17.9 Å². The molecular formula is C13H10Cl2N2S. The van der Waals surface area contributed by atoms with Crippen molar-refractivity contribution in [3.05, 3.63) is 57.1 Å². The van der Waals surface area contributed by atoms with Crippen LogP contribution in [0.1, 0.15) is 22.6 Å². The number of hydrogen-bond donors (Lipinski definition) is 0. The third kappa shape index (κ3) is 2.48. The number of rotatable bonds is 2. The molecule has 2 nitrogen and oxygen atoms in total. The molecule has 2 aromatic rings. The number of hydrogen-bond acceptors (Lipinski definition) is 3. The normalized spacial score (nSPS) is 13.7. The number of halogens is 2. The first-order chi connectivity index (χ1) is 8.72. The van der Waals surface area contributed by atoms with Gasteiger partial charge in [-0.3, -0.25) is 0 Å². The zero-order valence-electron chi connectivity index (χ0n) is 9.49. The standard InChI is InChI=1S/C13H10Cl2N2S/c14-9-3-1-8(2-4-9)5-12-16-11-7-18-6-10(11)13(15)17-12/h1-4H,5-7H2. The van der Waals surface area contributed by atoms with Gasteiger partial charge in [0, 0.05) is 28.5 Å². The lowest BCUT2D eigenvalue weighted by Crippen LogP contribution is -2.02. The first kappa shape index (κ1) is 12.3. The van der Waals surface area contributed by atoms with Crippen molar-refractivity contribution in [1.82, 2.24) is 9.97 Å². The minimum atomic E-state index is 0.606. The lowest BCUT2D eigenvalue weighted by molar-refractivity contribution is 0.928. The zero-order chi connectivity index (χ0) is 12.5. The van der Waals surface area contributed by atoms with E-state index in [0.717, 1.165) is 39.2 Å². The van der Waals surface area contributed by atoms with Gasteiger partial charge in [-0.2, -0.15) is 11.8 Å². The van der Waals surface area contributed by atoms with Gasteiger partial charge in [-0.25, -0.2) is 9.97 Å². The summed E-state index contributed by atoms with van der Waals surface area (Å²) < 4.78 is 0. The van der Waals surface area contributed by atoms with Crippen LogP contribution in [0.3, 0.4) is 0 Å². The summed E-state index contributed by atoms with van der Waals surface area (Å²) in [5, 5.41) is 1.34. The van der Waals surface area contributed by atoms with Gasteiger partial charge in [0.25, 0.3) is 0 Å². The summed E-state index contributed by atoms with van der Waals surface area (Å²) in [6, 6.07) is 7.73. The van der Waals surface area contributed by atoms with Crippen LogP contribution in [0.15, 0.2) is 24.3 Å². The summed E-state index contributed by atoms with van der Waals surface area (Å²) in [5.74, 6) is 2.64. The van der Waals surface area contributed by atoms with Gasteiger partial charge in [0.15, 0.2) is 0 Å². The molecule has 0 saturated carbocycles. The molecule has 1 aromatic carbocycles. The van der Waals surface area contributed by atoms with Crippen molar-refractivity contribution in [1.29, 1.82) is 0 Å². The predicted octanol–water partition coefficient (Wildman–Crippen LogP) is 4.12. The van der Waals surface area contributed by atoms with E-state index in [4.69, 9.17) is 23.2 Å². The average molecular weight is 297 g/mol. The summed E-state index contributed by atoms with van der Waals surface area (Å²) in [6.45, 7) is 0. The molecule has 92 valence electrons.